The molecule has 0 bridgehead atoms. The minimum atomic E-state index is 0.139. The van der Waals surface area contributed by atoms with Crippen LogP contribution in [0.25, 0.3) is 0 Å². The van der Waals surface area contributed by atoms with E-state index in [9.17, 15) is 9.90 Å². The van der Waals surface area contributed by atoms with Crippen LogP contribution in [0.3, 0.4) is 0 Å². The number of amides is 1. The van der Waals surface area contributed by atoms with Gasteiger partial charge < -0.3 is 20.1 Å². The Hall–Kier alpha value is -0.650. The summed E-state index contributed by atoms with van der Waals surface area (Å²) in [5.41, 5.74) is 0.154. The van der Waals surface area contributed by atoms with E-state index in [0.29, 0.717) is 19.1 Å². The molecule has 3 saturated heterocycles. The van der Waals surface area contributed by atoms with Crippen LogP contribution < -0.4 is 5.32 Å². The first-order valence-corrected chi connectivity index (χ1v) is 7.93. The molecule has 3 fully saturated rings. The summed E-state index contributed by atoms with van der Waals surface area (Å²) in [4.78, 5) is 14.7. The molecule has 0 aromatic rings. The van der Waals surface area contributed by atoms with E-state index < -0.39 is 0 Å². The van der Waals surface area contributed by atoms with Crippen LogP contribution in [0.1, 0.15) is 25.7 Å². The summed E-state index contributed by atoms with van der Waals surface area (Å²) in [5.74, 6) is 0.690. The third-order valence-electron chi connectivity index (χ3n) is 5.51. The minimum absolute atomic E-state index is 0.139. The van der Waals surface area contributed by atoms with Crippen LogP contribution in [0.5, 0.6) is 0 Å². The zero-order valence-electron chi connectivity index (χ0n) is 12.1. The highest BCUT2D eigenvalue weighted by molar-refractivity contribution is 5.79. The lowest BCUT2D eigenvalue weighted by molar-refractivity contribution is -0.138. The molecule has 3 aliphatic heterocycles. The molecule has 1 spiro atoms. The first-order chi connectivity index (χ1) is 9.75. The second kappa shape index (κ2) is 6.00. The highest BCUT2D eigenvalue weighted by atomic mass is 16.5. The van der Waals surface area contributed by atoms with Gasteiger partial charge in [-0.3, -0.25) is 4.79 Å². The van der Waals surface area contributed by atoms with Gasteiger partial charge in [0.1, 0.15) is 0 Å². The number of hydrogen-bond acceptors (Lipinski definition) is 4. The Morgan fingerprint density at radius 2 is 2.00 bits per heavy atom. The van der Waals surface area contributed by atoms with Gasteiger partial charge >= 0.3 is 0 Å². The van der Waals surface area contributed by atoms with Crippen LogP contribution in [0.4, 0.5) is 0 Å². The Morgan fingerprint density at radius 3 is 2.65 bits per heavy atom. The first-order valence-electron chi connectivity index (χ1n) is 7.93. The summed E-state index contributed by atoms with van der Waals surface area (Å²) in [6.07, 6.45) is 3.87. The van der Waals surface area contributed by atoms with E-state index in [2.05, 4.69) is 5.32 Å². The SMILES string of the molecule is O=C(C1CCOCC1)N1CC(CO)C2(CCNCC2)C1. The minimum Gasteiger partial charge on any atom is -0.396 e. The topological polar surface area (TPSA) is 61.8 Å². The Kier molecular flexibility index (Phi) is 4.29. The highest BCUT2D eigenvalue weighted by Crippen LogP contribution is 2.43. The standard InChI is InChI=1S/C15H26N2O3/c18-10-13-9-17(11-15(13)3-5-16-6-4-15)14(19)12-1-7-20-8-2-12/h12-13,16,18H,1-11H2. The summed E-state index contributed by atoms with van der Waals surface area (Å²) in [6.45, 7) is 5.23. The molecule has 0 saturated carbocycles. The number of likely N-dealkylation sites (tertiary alicyclic amines) is 1. The lowest BCUT2D eigenvalue weighted by Crippen LogP contribution is -2.43. The first kappa shape index (κ1) is 14.3. The van der Waals surface area contributed by atoms with Gasteiger partial charge in [0.2, 0.25) is 5.91 Å². The Balaban J connectivity index is 1.67. The third-order valence-corrected chi connectivity index (χ3v) is 5.51. The van der Waals surface area contributed by atoms with Gasteiger partial charge in [0.05, 0.1) is 0 Å². The van der Waals surface area contributed by atoms with Gasteiger partial charge in [-0.1, -0.05) is 0 Å². The molecule has 0 aromatic heterocycles. The number of ether oxygens (including phenoxy) is 1. The summed E-state index contributed by atoms with van der Waals surface area (Å²) in [6, 6.07) is 0. The zero-order valence-corrected chi connectivity index (χ0v) is 12.1. The van der Waals surface area contributed by atoms with Gasteiger partial charge in [0.15, 0.2) is 0 Å². The fourth-order valence-electron chi connectivity index (χ4n) is 4.15. The predicted octanol–water partition coefficient (Wildman–Crippen LogP) is 0.234. The highest BCUT2D eigenvalue weighted by Gasteiger charge is 2.48. The smallest absolute Gasteiger partial charge is 0.225 e. The van der Waals surface area contributed by atoms with Crippen molar-refractivity contribution in [2.24, 2.45) is 17.3 Å². The number of carbonyl (C=O) groups excluding carboxylic acids is 1. The van der Waals surface area contributed by atoms with Crippen molar-refractivity contribution in [3.05, 3.63) is 0 Å². The van der Waals surface area contributed by atoms with Gasteiger partial charge in [-0.15, -0.1) is 0 Å². The second-order valence-corrected chi connectivity index (χ2v) is 6.60. The van der Waals surface area contributed by atoms with Gasteiger partial charge in [0.25, 0.3) is 0 Å². The normalized spacial score (nSPS) is 30.9. The van der Waals surface area contributed by atoms with Crippen molar-refractivity contribution in [1.29, 1.82) is 0 Å². The molecule has 5 nitrogen and oxygen atoms in total. The molecule has 2 N–H and O–H groups in total. The van der Waals surface area contributed by atoms with Crippen molar-refractivity contribution >= 4 is 5.91 Å². The largest absolute Gasteiger partial charge is 0.396 e. The molecule has 0 radical (unpaired) electrons. The molecule has 20 heavy (non-hydrogen) atoms. The van der Waals surface area contributed by atoms with E-state index in [1.807, 2.05) is 4.90 Å². The Bertz CT molecular complexity index is 349. The van der Waals surface area contributed by atoms with Crippen LogP contribution in [0, 0.1) is 17.3 Å². The average molecular weight is 282 g/mol. The van der Waals surface area contributed by atoms with Crippen molar-refractivity contribution < 1.29 is 14.6 Å². The van der Waals surface area contributed by atoms with E-state index in [-0.39, 0.29) is 23.9 Å². The van der Waals surface area contributed by atoms with Crippen LogP contribution >= 0.6 is 0 Å². The quantitative estimate of drug-likeness (QED) is 0.761. The summed E-state index contributed by atoms with van der Waals surface area (Å²) in [7, 11) is 0. The van der Waals surface area contributed by atoms with Gasteiger partial charge in [-0.05, 0) is 44.2 Å². The Labute approximate surface area is 120 Å². The van der Waals surface area contributed by atoms with E-state index >= 15 is 0 Å². The van der Waals surface area contributed by atoms with Crippen molar-refractivity contribution in [3.63, 3.8) is 0 Å². The lowest BCUT2D eigenvalue weighted by Gasteiger charge is -2.37. The van der Waals surface area contributed by atoms with Crippen LogP contribution in [-0.4, -0.2) is 61.9 Å². The van der Waals surface area contributed by atoms with Crippen LogP contribution in [-0.2, 0) is 9.53 Å². The number of carbonyl (C=O) groups is 1. The molecule has 0 aliphatic carbocycles. The maximum Gasteiger partial charge on any atom is 0.225 e. The fourth-order valence-corrected chi connectivity index (χ4v) is 4.15. The molecule has 3 aliphatic rings. The molecule has 3 heterocycles. The number of rotatable bonds is 2. The van der Waals surface area contributed by atoms with Gasteiger partial charge in [-0.2, -0.15) is 0 Å². The number of nitrogens with one attached hydrogen (secondary N) is 1. The van der Waals surface area contributed by atoms with Gasteiger partial charge in [-0.25, -0.2) is 0 Å². The zero-order chi connectivity index (χ0) is 14.0. The molecule has 3 rings (SSSR count). The summed E-state index contributed by atoms with van der Waals surface area (Å²) >= 11 is 0. The second-order valence-electron chi connectivity index (χ2n) is 6.60. The van der Waals surface area contributed by atoms with Gasteiger partial charge in [0, 0.05) is 44.7 Å². The number of aliphatic hydroxyl groups is 1. The monoisotopic (exact) mass is 282 g/mol. The van der Waals surface area contributed by atoms with E-state index in [4.69, 9.17) is 4.74 Å². The molecule has 1 atom stereocenters. The maximum absolute atomic E-state index is 12.7. The van der Waals surface area contributed by atoms with E-state index in [1.165, 1.54) is 0 Å². The maximum atomic E-state index is 12.7. The van der Waals surface area contributed by atoms with E-state index in [1.54, 1.807) is 0 Å². The summed E-state index contributed by atoms with van der Waals surface area (Å²) in [5, 5.41) is 13.1. The van der Waals surface area contributed by atoms with Crippen LogP contribution in [0.2, 0.25) is 0 Å². The average Bonchev–Trinajstić information content (AvgIpc) is 2.86. The van der Waals surface area contributed by atoms with E-state index in [0.717, 1.165) is 51.9 Å². The molecular weight excluding hydrogens is 256 g/mol. The molecule has 1 amide bonds. The van der Waals surface area contributed by atoms with Crippen molar-refractivity contribution in [2.75, 3.05) is 46.0 Å². The van der Waals surface area contributed by atoms with Crippen molar-refractivity contribution in [1.82, 2.24) is 10.2 Å². The number of piperidine rings is 1. The predicted molar refractivity (Wildman–Crippen MR) is 75.2 cm³/mol. The molecule has 1 unspecified atom stereocenters. The lowest BCUT2D eigenvalue weighted by atomic mass is 9.71. The number of aliphatic hydroxyl groups excluding tert-OH is 1. The van der Waals surface area contributed by atoms with Crippen LogP contribution in [0.15, 0.2) is 0 Å². The van der Waals surface area contributed by atoms with Crippen molar-refractivity contribution in [3.8, 4) is 0 Å². The van der Waals surface area contributed by atoms with Crippen molar-refractivity contribution in [2.45, 2.75) is 25.7 Å². The molecular formula is C15H26N2O3. The molecule has 114 valence electrons. The number of hydrogen-bond donors (Lipinski definition) is 2. The molecule has 0 aromatic carbocycles. The molecule has 5 heteroatoms. The fraction of sp³-hybridized carbons (Fsp3) is 0.933. The third kappa shape index (κ3) is 2.59. The summed E-state index contributed by atoms with van der Waals surface area (Å²) < 4.78 is 5.35. The Morgan fingerprint density at radius 1 is 1.30 bits per heavy atom. The number of nitrogens with zero attached hydrogens (tertiary/aromatic N) is 1.